The lowest BCUT2D eigenvalue weighted by atomic mass is 9.85. The minimum Gasteiger partial charge on any atom is -0.461 e. The Labute approximate surface area is 170 Å². The van der Waals surface area contributed by atoms with E-state index in [1.807, 2.05) is 13.0 Å². The molecule has 0 unspecified atom stereocenters. The first-order valence-corrected chi connectivity index (χ1v) is 9.47. The first kappa shape index (κ1) is 22.3. The Balaban J connectivity index is 2.34. The molecule has 0 aromatic rings. The Hall–Kier alpha value is -2.96. The Kier molecular flexibility index (Phi) is 7.70. The van der Waals surface area contributed by atoms with Crippen LogP contribution in [0.3, 0.4) is 0 Å². The molecule has 0 aromatic carbocycles. The highest BCUT2D eigenvalue weighted by Gasteiger charge is 2.44. The van der Waals surface area contributed by atoms with Crippen LogP contribution in [0.1, 0.15) is 40.0 Å². The van der Waals surface area contributed by atoms with Gasteiger partial charge in [-0.1, -0.05) is 24.3 Å². The van der Waals surface area contributed by atoms with E-state index in [0.29, 0.717) is 12.0 Å². The third-order valence-corrected chi connectivity index (χ3v) is 4.94. The maximum atomic E-state index is 12.7. The number of fused-ring (bicyclic) bond motifs is 1. The molecule has 1 fully saturated rings. The standard InChI is InChI=1S/C22H26O7/c1-5-17(12-27-15(4)24)22(26)29-19-10-16(11-23)8-6-7-13(2)9-18-20(19)14(3)21(25)28-18/h5,8-9,11,18-20H,3,6-7,10,12H2,1-2,4H3/b13-9+,16-8+,17-5+/t18-,19-,20+/m1/s1. The SMILES string of the molecule is C=C1C(=O)O[C@@H]2/C=C(\C)CC/C=C(/C=O)C[C@@H](OC(=O)/C(=C/C)COC(C)=O)[C@@H]12. The van der Waals surface area contributed by atoms with Gasteiger partial charge in [0.1, 0.15) is 25.1 Å². The molecular formula is C22H26O7. The summed E-state index contributed by atoms with van der Waals surface area (Å²) in [5.41, 5.74) is 1.84. The summed E-state index contributed by atoms with van der Waals surface area (Å²) >= 11 is 0. The van der Waals surface area contributed by atoms with Crippen molar-refractivity contribution in [3.63, 3.8) is 0 Å². The molecule has 2 rings (SSSR count). The van der Waals surface area contributed by atoms with Crippen molar-refractivity contribution in [1.29, 1.82) is 0 Å². The maximum Gasteiger partial charge on any atom is 0.337 e. The average molecular weight is 402 g/mol. The van der Waals surface area contributed by atoms with Crippen LogP contribution in [0.25, 0.3) is 0 Å². The second kappa shape index (κ2) is 10.0. The van der Waals surface area contributed by atoms with Crippen LogP contribution in [0, 0.1) is 5.92 Å². The van der Waals surface area contributed by atoms with Crippen LogP contribution in [0.4, 0.5) is 0 Å². The third-order valence-electron chi connectivity index (χ3n) is 4.94. The van der Waals surface area contributed by atoms with E-state index >= 15 is 0 Å². The van der Waals surface area contributed by atoms with Crippen LogP contribution in [0.5, 0.6) is 0 Å². The molecule has 0 spiro atoms. The van der Waals surface area contributed by atoms with Crippen LogP contribution < -0.4 is 0 Å². The van der Waals surface area contributed by atoms with Gasteiger partial charge in [-0.3, -0.25) is 9.59 Å². The summed E-state index contributed by atoms with van der Waals surface area (Å²) in [7, 11) is 0. The van der Waals surface area contributed by atoms with Gasteiger partial charge in [-0.2, -0.15) is 0 Å². The average Bonchev–Trinajstić information content (AvgIpc) is 2.93. The van der Waals surface area contributed by atoms with Crippen LogP contribution in [-0.2, 0) is 33.4 Å². The quantitative estimate of drug-likeness (QED) is 0.229. The van der Waals surface area contributed by atoms with Gasteiger partial charge in [0.05, 0.1) is 11.5 Å². The Morgan fingerprint density at radius 2 is 2.10 bits per heavy atom. The molecule has 7 heteroatoms. The van der Waals surface area contributed by atoms with Gasteiger partial charge in [0.25, 0.3) is 0 Å². The van der Waals surface area contributed by atoms with Crippen molar-refractivity contribution in [3.8, 4) is 0 Å². The molecule has 0 bridgehead atoms. The summed E-state index contributed by atoms with van der Waals surface area (Å²) in [5.74, 6) is -2.37. The van der Waals surface area contributed by atoms with E-state index in [1.54, 1.807) is 13.0 Å². The van der Waals surface area contributed by atoms with Gasteiger partial charge in [-0.25, -0.2) is 9.59 Å². The lowest BCUT2D eigenvalue weighted by molar-refractivity contribution is -0.149. The molecule has 1 saturated heterocycles. The largest absolute Gasteiger partial charge is 0.461 e. The summed E-state index contributed by atoms with van der Waals surface area (Å²) in [6, 6.07) is 0. The molecule has 156 valence electrons. The number of carbonyl (C=O) groups is 4. The van der Waals surface area contributed by atoms with Crippen molar-refractivity contribution in [2.24, 2.45) is 5.92 Å². The number of hydrogen-bond donors (Lipinski definition) is 0. The number of ether oxygens (including phenoxy) is 3. The lowest BCUT2D eigenvalue weighted by Crippen LogP contribution is -2.34. The minimum atomic E-state index is -0.836. The van der Waals surface area contributed by atoms with E-state index in [4.69, 9.17) is 14.2 Å². The summed E-state index contributed by atoms with van der Waals surface area (Å²) in [6.45, 7) is 8.38. The van der Waals surface area contributed by atoms with E-state index in [9.17, 15) is 19.2 Å². The topological polar surface area (TPSA) is 96.0 Å². The number of carbonyl (C=O) groups excluding carboxylic acids is 4. The summed E-state index contributed by atoms with van der Waals surface area (Å²) < 4.78 is 16.0. The van der Waals surface area contributed by atoms with E-state index < -0.39 is 36.0 Å². The Bertz CT molecular complexity index is 800. The van der Waals surface area contributed by atoms with Crippen molar-refractivity contribution in [3.05, 3.63) is 47.1 Å². The fraction of sp³-hybridized carbons (Fsp3) is 0.455. The van der Waals surface area contributed by atoms with Crippen molar-refractivity contribution in [2.45, 2.75) is 52.2 Å². The second-order valence-electron chi connectivity index (χ2n) is 7.11. The van der Waals surface area contributed by atoms with Gasteiger partial charge < -0.3 is 14.2 Å². The number of hydrogen-bond acceptors (Lipinski definition) is 7. The third kappa shape index (κ3) is 5.76. The molecule has 1 aliphatic heterocycles. The Morgan fingerprint density at radius 3 is 2.72 bits per heavy atom. The van der Waals surface area contributed by atoms with Crippen LogP contribution in [0.15, 0.2) is 47.1 Å². The molecule has 2 aliphatic rings. The monoisotopic (exact) mass is 402 g/mol. The van der Waals surface area contributed by atoms with Gasteiger partial charge in [-0.15, -0.1) is 0 Å². The molecule has 0 saturated carbocycles. The molecule has 1 heterocycles. The van der Waals surface area contributed by atoms with Gasteiger partial charge in [0, 0.05) is 18.9 Å². The molecule has 0 amide bonds. The van der Waals surface area contributed by atoms with Gasteiger partial charge in [0.15, 0.2) is 0 Å². The predicted octanol–water partition coefficient (Wildman–Crippen LogP) is 2.76. The molecule has 0 N–H and O–H groups in total. The lowest BCUT2D eigenvalue weighted by Gasteiger charge is -2.27. The molecule has 0 radical (unpaired) electrons. The number of aldehydes is 1. The van der Waals surface area contributed by atoms with Crippen molar-refractivity contribution in [2.75, 3.05) is 6.61 Å². The van der Waals surface area contributed by atoms with Gasteiger partial charge in [0.2, 0.25) is 0 Å². The highest BCUT2D eigenvalue weighted by Crippen LogP contribution is 2.36. The zero-order valence-corrected chi connectivity index (χ0v) is 16.9. The fourth-order valence-electron chi connectivity index (χ4n) is 3.34. The first-order valence-electron chi connectivity index (χ1n) is 9.47. The zero-order valence-electron chi connectivity index (χ0n) is 16.9. The van der Waals surface area contributed by atoms with Crippen molar-refractivity contribution >= 4 is 24.2 Å². The van der Waals surface area contributed by atoms with E-state index in [0.717, 1.165) is 18.3 Å². The molecule has 29 heavy (non-hydrogen) atoms. The number of allylic oxidation sites excluding steroid dienone is 3. The molecule has 7 nitrogen and oxygen atoms in total. The van der Waals surface area contributed by atoms with Crippen molar-refractivity contribution in [1.82, 2.24) is 0 Å². The summed E-state index contributed by atoms with van der Waals surface area (Å²) in [5, 5.41) is 0. The number of esters is 3. The second-order valence-corrected chi connectivity index (χ2v) is 7.11. The molecule has 3 atom stereocenters. The van der Waals surface area contributed by atoms with E-state index in [1.165, 1.54) is 13.0 Å². The van der Waals surface area contributed by atoms with Crippen LogP contribution >= 0.6 is 0 Å². The highest BCUT2D eigenvalue weighted by atomic mass is 16.6. The first-order chi connectivity index (χ1) is 13.8. The summed E-state index contributed by atoms with van der Waals surface area (Å²) in [6.07, 6.45) is 5.91. The Morgan fingerprint density at radius 1 is 1.38 bits per heavy atom. The summed E-state index contributed by atoms with van der Waals surface area (Å²) in [4.78, 5) is 47.4. The molecule has 1 aliphatic carbocycles. The molecular weight excluding hydrogens is 376 g/mol. The number of rotatable bonds is 5. The minimum absolute atomic E-state index is 0.128. The van der Waals surface area contributed by atoms with Gasteiger partial charge >= 0.3 is 17.9 Å². The van der Waals surface area contributed by atoms with E-state index in [-0.39, 0.29) is 24.2 Å². The van der Waals surface area contributed by atoms with Crippen LogP contribution in [-0.4, -0.2) is 43.0 Å². The normalized spacial score (nSPS) is 28.8. The van der Waals surface area contributed by atoms with Crippen LogP contribution in [0.2, 0.25) is 0 Å². The van der Waals surface area contributed by atoms with E-state index in [2.05, 4.69) is 6.58 Å². The highest BCUT2D eigenvalue weighted by molar-refractivity contribution is 5.92. The zero-order chi connectivity index (χ0) is 21.6. The smallest absolute Gasteiger partial charge is 0.337 e. The van der Waals surface area contributed by atoms with Crippen molar-refractivity contribution < 1.29 is 33.4 Å². The maximum absolute atomic E-state index is 12.7. The fourth-order valence-corrected chi connectivity index (χ4v) is 3.34. The predicted molar refractivity (Wildman–Crippen MR) is 105 cm³/mol. The van der Waals surface area contributed by atoms with Gasteiger partial charge in [-0.05, 0) is 38.3 Å². The molecule has 0 aromatic heterocycles.